The Bertz CT molecular complexity index is 1190. The van der Waals surface area contributed by atoms with Crippen LogP contribution in [0, 0.1) is 19.7 Å². The molecule has 0 heterocycles. The molecule has 3 aromatic carbocycles. The van der Waals surface area contributed by atoms with E-state index in [9.17, 15) is 17.6 Å². The first-order chi connectivity index (χ1) is 14.2. The average Bonchev–Trinajstić information content (AvgIpc) is 2.70. The molecule has 0 radical (unpaired) electrons. The van der Waals surface area contributed by atoms with E-state index in [4.69, 9.17) is 4.74 Å². The number of aryl methyl sites for hydroxylation is 2. The molecule has 1 N–H and O–H groups in total. The largest absolute Gasteiger partial charge is 0.465 e. The van der Waals surface area contributed by atoms with Crippen molar-refractivity contribution in [2.75, 3.05) is 11.8 Å². The van der Waals surface area contributed by atoms with Crippen molar-refractivity contribution in [2.24, 2.45) is 0 Å². The van der Waals surface area contributed by atoms with Crippen LogP contribution in [0.1, 0.15) is 32.6 Å². The van der Waals surface area contributed by atoms with Gasteiger partial charge in [0.2, 0.25) is 0 Å². The molecule has 0 bridgehead atoms. The van der Waals surface area contributed by atoms with Gasteiger partial charge in [0.05, 0.1) is 23.3 Å². The van der Waals surface area contributed by atoms with Gasteiger partial charge in [-0.25, -0.2) is 17.6 Å². The third kappa shape index (κ3) is 4.68. The summed E-state index contributed by atoms with van der Waals surface area (Å²) < 4.78 is 47.7. The lowest BCUT2D eigenvalue weighted by atomic mass is 10.0. The number of benzene rings is 3. The third-order valence-electron chi connectivity index (χ3n) is 4.67. The van der Waals surface area contributed by atoms with Crippen LogP contribution in [0.15, 0.2) is 65.6 Å². The fraction of sp³-hybridized carbons (Fsp3) is 0.174. The molecule has 0 saturated heterocycles. The van der Waals surface area contributed by atoms with Gasteiger partial charge in [0, 0.05) is 0 Å². The molecule has 0 atom stereocenters. The topological polar surface area (TPSA) is 72.5 Å². The van der Waals surface area contributed by atoms with E-state index in [1.165, 1.54) is 19.2 Å². The first-order valence-electron chi connectivity index (χ1n) is 9.26. The predicted octanol–water partition coefficient (Wildman–Crippen LogP) is 4.62. The van der Waals surface area contributed by atoms with Crippen LogP contribution < -0.4 is 4.72 Å². The van der Waals surface area contributed by atoms with Crippen LogP contribution in [-0.2, 0) is 21.2 Å². The SMILES string of the molecule is COC(=O)c1cc(C)cc(C)c1NS(=O)(=O)c1ccc(F)cc1Cc1ccccc1. The standard InChI is InChI=1S/C23H22FNO4S/c1-15-11-16(2)22(20(12-15)23(26)29-3)25-30(27,28)21-10-9-19(24)14-18(21)13-17-7-5-4-6-8-17/h4-12,14,25H,13H2,1-3H3. The lowest BCUT2D eigenvalue weighted by Crippen LogP contribution is -2.19. The van der Waals surface area contributed by atoms with Gasteiger partial charge < -0.3 is 4.74 Å². The van der Waals surface area contributed by atoms with E-state index >= 15 is 0 Å². The molecule has 30 heavy (non-hydrogen) atoms. The number of methoxy groups -OCH3 is 1. The molecule has 0 aliphatic rings. The highest BCUT2D eigenvalue weighted by Crippen LogP contribution is 2.28. The van der Waals surface area contributed by atoms with Crippen molar-refractivity contribution in [1.29, 1.82) is 0 Å². The number of hydrogen-bond acceptors (Lipinski definition) is 4. The normalized spacial score (nSPS) is 11.2. The lowest BCUT2D eigenvalue weighted by Gasteiger charge is -2.17. The Morgan fingerprint density at radius 2 is 1.73 bits per heavy atom. The molecule has 3 aromatic rings. The summed E-state index contributed by atoms with van der Waals surface area (Å²) >= 11 is 0. The van der Waals surface area contributed by atoms with Crippen LogP contribution in [-0.4, -0.2) is 21.5 Å². The van der Waals surface area contributed by atoms with E-state index in [-0.39, 0.29) is 22.6 Å². The molecule has 7 heteroatoms. The monoisotopic (exact) mass is 427 g/mol. The summed E-state index contributed by atoms with van der Waals surface area (Å²) in [6, 6.07) is 16.1. The van der Waals surface area contributed by atoms with E-state index in [0.717, 1.165) is 17.2 Å². The fourth-order valence-corrected chi connectivity index (χ4v) is 4.70. The highest BCUT2D eigenvalue weighted by atomic mass is 32.2. The number of carbonyl (C=O) groups excluding carboxylic acids is 1. The zero-order chi connectivity index (χ0) is 21.9. The number of ether oxygens (including phenoxy) is 1. The molecule has 0 aliphatic carbocycles. The molecule has 0 spiro atoms. The lowest BCUT2D eigenvalue weighted by molar-refractivity contribution is 0.0601. The zero-order valence-corrected chi connectivity index (χ0v) is 17.7. The van der Waals surface area contributed by atoms with Crippen LogP contribution >= 0.6 is 0 Å². The number of rotatable bonds is 6. The van der Waals surface area contributed by atoms with Gasteiger partial charge in [0.15, 0.2) is 0 Å². The number of hydrogen-bond donors (Lipinski definition) is 1. The van der Waals surface area contributed by atoms with Crippen molar-refractivity contribution in [3.8, 4) is 0 Å². The summed E-state index contributed by atoms with van der Waals surface area (Å²) in [7, 11) is -2.87. The Balaban J connectivity index is 2.07. The molecular formula is C23H22FNO4S. The Hall–Kier alpha value is -3.19. The van der Waals surface area contributed by atoms with E-state index in [1.54, 1.807) is 26.0 Å². The Labute approximate surface area is 175 Å². The van der Waals surface area contributed by atoms with Crippen molar-refractivity contribution in [2.45, 2.75) is 25.2 Å². The van der Waals surface area contributed by atoms with Gasteiger partial charge in [-0.15, -0.1) is 0 Å². The third-order valence-corrected chi connectivity index (χ3v) is 6.12. The summed E-state index contributed by atoms with van der Waals surface area (Å²) in [6.07, 6.45) is 0.242. The van der Waals surface area contributed by atoms with Crippen LogP contribution in [0.4, 0.5) is 10.1 Å². The molecule has 5 nitrogen and oxygen atoms in total. The van der Waals surface area contributed by atoms with E-state index < -0.39 is 21.8 Å². The Morgan fingerprint density at radius 3 is 2.40 bits per heavy atom. The molecule has 0 saturated carbocycles. The summed E-state index contributed by atoms with van der Waals surface area (Å²) in [5.74, 6) is -1.18. The number of carbonyl (C=O) groups is 1. The second-order valence-corrected chi connectivity index (χ2v) is 8.67. The number of halogens is 1. The van der Waals surface area contributed by atoms with Crippen molar-refractivity contribution in [3.05, 3.63) is 94.3 Å². The van der Waals surface area contributed by atoms with E-state index in [0.29, 0.717) is 11.1 Å². The maximum atomic E-state index is 13.9. The molecule has 0 aromatic heterocycles. The number of anilines is 1. The molecule has 0 fully saturated rings. The molecule has 0 aliphatic heterocycles. The zero-order valence-electron chi connectivity index (χ0n) is 16.9. The summed E-state index contributed by atoms with van der Waals surface area (Å²) in [5, 5.41) is 0. The van der Waals surface area contributed by atoms with Crippen LogP contribution in [0.5, 0.6) is 0 Å². The quantitative estimate of drug-likeness (QED) is 0.583. The molecule has 0 unspecified atom stereocenters. The van der Waals surface area contributed by atoms with Gasteiger partial charge in [-0.05, 0) is 66.8 Å². The highest BCUT2D eigenvalue weighted by molar-refractivity contribution is 7.92. The van der Waals surface area contributed by atoms with Crippen molar-refractivity contribution >= 4 is 21.7 Å². The second-order valence-electron chi connectivity index (χ2n) is 7.02. The number of nitrogens with one attached hydrogen (secondary N) is 1. The van der Waals surface area contributed by atoms with Gasteiger partial charge in [-0.1, -0.05) is 36.4 Å². The minimum absolute atomic E-state index is 0.0523. The minimum atomic E-state index is -4.10. The van der Waals surface area contributed by atoms with E-state index in [2.05, 4.69) is 4.72 Å². The van der Waals surface area contributed by atoms with Crippen molar-refractivity contribution < 1.29 is 22.3 Å². The van der Waals surface area contributed by atoms with Gasteiger partial charge in [-0.3, -0.25) is 4.72 Å². The van der Waals surface area contributed by atoms with Crippen LogP contribution in [0.2, 0.25) is 0 Å². The maximum Gasteiger partial charge on any atom is 0.340 e. The minimum Gasteiger partial charge on any atom is -0.465 e. The second kappa shape index (κ2) is 8.67. The molecular weight excluding hydrogens is 405 g/mol. The first-order valence-corrected chi connectivity index (χ1v) is 10.7. The summed E-state index contributed by atoms with van der Waals surface area (Å²) in [4.78, 5) is 12.2. The van der Waals surface area contributed by atoms with E-state index in [1.807, 2.05) is 30.3 Å². The highest BCUT2D eigenvalue weighted by Gasteiger charge is 2.24. The maximum absolute atomic E-state index is 13.9. The first kappa shape index (κ1) is 21.5. The summed E-state index contributed by atoms with van der Waals surface area (Å²) in [5.41, 5.74) is 2.79. The Morgan fingerprint density at radius 1 is 1.03 bits per heavy atom. The average molecular weight is 427 g/mol. The number of esters is 1. The van der Waals surface area contributed by atoms with Gasteiger partial charge in [0.25, 0.3) is 10.0 Å². The molecule has 0 amide bonds. The molecule has 3 rings (SSSR count). The molecule has 156 valence electrons. The van der Waals surface area contributed by atoms with Crippen LogP contribution in [0.25, 0.3) is 0 Å². The van der Waals surface area contributed by atoms with Crippen LogP contribution in [0.3, 0.4) is 0 Å². The predicted molar refractivity (Wildman–Crippen MR) is 114 cm³/mol. The summed E-state index contributed by atoms with van der Waals surface area (Å²) in [6.45, 7) is 3.50. The Kier molecular flexibility index (Phi) is 6.22. The fourth-order valence-electron chi connectivity index (χ4n) is 3.33. The van der Waals surface area contributed by atoms with Gasteiger partial charge in [0.1, 0.15) is 5.82 Å². The van der Waals surface area contributed by atoms with Crippen molar-refractivity contribution in [1.82, 2.24) is 0 Å². The van der Waals surface area contributed by atoms with Crippen molar-refractivity contribution in [3.63, 3.8) is 0 Å². The van der Waals surface area contributed by atoms with Gasteiger partial charge >= 0.3 is 5.97 Å². The van der Waals surface area contributed by atoms with Gasteiger partial charge in [-0.2, -0.15) is 0 Å². The smallest absolute Gasteiger partial charge is 0.340 e. The number of sulfonamides is 1.